The summed E-state index contributed by atoms with van der Waals surface area (Å²) in [7, 11) is 1.98. The Labute approximate surface area is 140 Å². The second-order valence-corrected chi connectivity index (χ2v) is 6.82. The fourth-order valence-electron chi connectivity index (χ4n) is 2.86. The Morgan fingerprint density at radius 1 is 1.43 bits per heavy atom. The Balaban J connectivity index is 1.87. The molecular weight excluding hydrogens is 377 g/mol. The molecule has 1 atom stereocenters. The lowest BCUT2D eigenvalue weighted by Crippen LogP contribution is -2.44. The number of carbonyl (C=O) groups excluding carboxylic acids is 1. The van der Waals surface area contributed by atoms with Gasteiger partial charge in [0.25, 0.3) is 0 Å². The fourth-order valence-corrected chi connectivity index (χ4v) is 3.40. The van der Waals surface area contributed by atoms with Crippen molar-refractivity contribution in [2.24, 2.45) is 0 Å². The zero-order chi connectivity index (χ0) is 15.1. The number of halogens is 1. The number of hydrogen-bond acceptors (Lipinski definition) is 3. The van der Waals surface area contributed by atoms with E-state index in [1.54, 1.807) is 0 Å². The van der Waals surface area contributed by atoms with Crippen LogP contribution in [0.4, 0.5) is 5.69 Å². The van der Waals surface area contributed by atoms with Crippen LogP contribution in [0.3, 0.4) is 0 Å². The zero-order valence-electron chi connectivity index (χ0n) is 12.6. The molecule has 1 amide bonds. The molecule has 116 valence electrons. The summed E-state index contributed by atoms with van der Waals surface area (Å²) in [6, 6.07) is 8.46. The minimum absolute atomic E-state index is 0.0911. The molecule has 1 aliphatic heterocycles. The van der Waals surface area contributed by atoms with Crippen LogP contribution >= 0.6 is 22.6 Å². The summed E-state index contributed by atoms with van der Waals surface area (Å²) in [6.45, 7) is 2.55. The standard InChI is InChI=1S/C16H24IN3O/c1-18-9-8-15-7-2-3-10-20(15)12-16(21)19-14-6-4-5-13(17)11-14/h4-6,11,15,18H,2-3,7-10,12H2,1H3,(H,19,21). The lowest BCUT2D eigenvalue weighted by atomic mass is 9.99. The van der Waals surface area contributed by atoms with E-state index in [9.17, 15) is 4.79 Å². The number of benzene rings is 1. The Morgan fingerprint density at radius 2 is 2.29 bits per heavy atom. The molecule has 0 aromatic heterocycles. The molecule has 1 aromatic carbocycles. The van der Waals surface area contributed by atoms with Crippen molar-refractivity contribution in [3.05, 3.63) is 27.8 Å². The molecule has 5 heteroatoms. The maximum Gasteiger partial charge on any atom is 0.238 e. The van der Waals surface area contributed by atoms with Gasteiger partial charge in [-0.15, -0.1) is 0 Å². The van der Waals surface area contributed by atoms with E-state index >= 15 is 0 Å². The number of amides is 1. The number of rotatable bonds is 6. The van der Waals surface area contributed by atoms with Gasteiger partial charge in [0.1, 0.15) is 0 Å². The van der Waals surface area contributed by atoms with E-state index in [2.05, 4.69) is 38.1 Å². The van der Waals surface area contributed by atoms with Crippen LogP contribution in [0.1, 0.15) is 25.7 Å². The molecule has 1 aliphatic rings. The number of anilines is 1. The van der Waals surface area contributed by atoms with Gasteiger partial charge in [0, 0.05) is 15.3 Å². The number of carbonyl (C=O) groups is 1. The topological polar surface area (TPSA) is 44.4 Å². The number of likely N-dealkylation sites (tertiary alicyclic amines) is 1. The van der Waals surface area contributed by atoms with Crippen LogP contribution < -0.4 is 10.6 Å². The fraction of sp³-hybridized carbons (Fsp3) is 0.562. The van der Waals surface area contributed by atoms with Crippen LogP contribution in [0.25, 0.3) is 0 Å². The smallest absolute Gasteiger partial charge is 0.238 e. The summed E-state index contributed by atoms with van der Waals surface area (Å²) in [5, 5.41) is 6.21. The summed E-state index contributed by atoms with van der Waals surface area (Å²) < 4.78 is 1.13. The lowest BCUT2D eigenvalue weighted by Gasteiger charge is -2.35. The molecule has 0 bridgehead atoms. The molecule has 1 saturated heterocycles. The number of piperidine rings is 1. The highest BCUT2D eigenvalue weighted by atomic mass is 127. The predicted molar refractivity (Wildman–Crippen MR) is 95.5 cm³/mol. The van der Waals surface area contributed by atoms with Crippen molar-refractivity contribution < 1.29 is 4.79 Å². The highest BCUT2D eigenvalue weighted by Gasteiger charge is 2.23. The second-order valence-electron chi connectivity index (χ2n) is 5.57. The van der Waals surface area contributed by atoms with Crippen molar-refractivity contribution in [1.29, 1.82) is 0 Å². The van der Waals surface area contributed by atoms with Crippen molar-refractivity contribution in [2.45, 2.75) is 31.7 Å². The molecular formula is C16H24IN3O. The van der Waals surface area contributed by atoms with Crippen molar-refractivity contribution in [2.75, 3.05) is 32.0 Å². The number of nitrogens with zero attached hydrogens (tertiary/aromatic N) is 1. The van der Waals surface area contributed by atoms with Gasteiger partial charge in [0.2, 0.25) is 5.91 Å². The molecule has 1 aromatic rings. The van der Waals surface area contributed by atoms with Crippen molar-refractivity contribution in [3.63, 3.8) is 0 Å². The van der Waals surface area contributed by atoms with E-state index in [0.717, 1.165) is 28.8 Å². The molecule has 2 rings (SSSR count). The van der Waals surface area contributed by atoms with Crippen molar-refractivity contribution in [3.8, 4) is 0 Å². The monoisotopic (exact) mass is 401 g/mol. The molecule has 0 radical (unpaired) electrons. The van der Waals surface area contributed by atoms with Crippen LogP contribution in [0.2, 0.25) is 0 Å². The summed E-state index contributed by atoms with van der Waals surface area (Å²) in [5.41, 5.74) is 0.885. The molecule has 0 saturated carbocycles. The van der Waals surface area contributed by atoms with Crippen molar-refractivity contribution in [1.82, 2.24) is 10.2 Å². The first-order chi connectivity index (χ1) is 10.2. The average molecular weight is 401 g/mol. The first-order valence-corrected chi connectivity index (χ1v) is 8.71. The van der Waals surface area contributed by atoms with Gasteiger partial charge in [0.05, 0.1) is 6.54 Å². The summed E-state index contributed by atoms with van der Waals surface area (Å²) in [5.74, 6) is 0.0911. The average Bonchev–Trinajstić information content (AvgIpc) is 2.46. The van der Waals surface area contributed by atoms with Gasteiger partial charge in [-0.2, -0.15) is 0 Å². The van der Waals surface area contributed by atoms with E-state index in [1.807, 2.05) is 31.3 Å². The third-order valence-corrected chi connectivity index (χ3v) is 4.60. The molecule has 1 unspecified atom stereocenters. The molecule has 1 fully saturated rings. The molecule has 0 aliphatic carbocycles. The molecule has 21 heavy (non-hydrogen) atoms. The summed E-state index contributed by atoms with van der Waals surface area (Å²) in [4.78, 5) is 14.6. The van der Waals surface area contributed by atoms with E-state index in [0.29, 0.717) is 12.6 Å². The van der Waals surface area contributed by atoms with Gasteiger partial charge in [-0.3, -0.25) is 9.69 Å². The summed E-state index contributed by atoms with van der Waals surface area (Å²) in [6.07, 6.45) is 4.81. The first-order valence-electron chi connectivity index (χ1n) is 7.63. The van der Waals surface area contributed by atoms with Crippen LogP contribution in [0.15, 0.2) is 24.3 Å². The maximum atomic E-state index is 12.2. The minimum Gasteiger partial charge on any atom is -0.325 e. The zero-order valence-corrected chi connectivity index (χ0v) is 14.7. The quantitative estimate of drug-likeness (QED) is 0.721. The van der Waals surface area contributed by atoms with E-state index in [1.165, 1.54) is 19.3 Å². The third kappa shape index (κ3) is 5.56. The molecule has 2 N–H and O–H groups in total. The first kappa shape index (κ1) is 16.7. The molecule has 0 spiro atoms. The van der Waals surface area contributed by atoms with Crippen LogP contribution in [0, 0.1) is 3.57 Å². The van der Waals surface area contributed by atoms with Gasteiger partial charge in [-0.1, -0.05) is 12.5 Å². The lowest BCUT2D eigenvalue weighted by molar-refractivity contribution is -0.118. The highest BCUT2D eigenvalue weighted by Crippen LogP contribution is 2.19. The summed E-state index contributed by atoms with van der Waals surface area (Å²) >= 11 is 2.26. The highest BCUT2D eigenvalue weighted by molar-refractivity contribution is 14.1. The minimum atomic E-state index is 0.0911. The Kier molecular flexibility index (Phi) is 6.92. The Morgan fingerprint density at radius 3 is 3.05 bits per heavy atom. The van der Waals surface area contributed by atoms with Gasteiger partial charge in [-0.25, -0.2) is 0 Å². The van der Waals surface area contributed by atoms with Crippen LogP contribution in [-0.4, -0.2) is 43.5 Å². The molecule has 1 heterocycles. The van der Waals surface area contributed by atoms with Crippen LogP contribution in [-0.2, 0) is 4.79 Å². The van der Waals surface area contributed by atoms with Gasteiger partial charge in [0.15, 0.2) is 0 Å². The van der Waals surface area contributed by atoms with Crippen molar-refractivity contribution >= 4 is 34.2 Å². The van der Waals surface area contributed by atoms with Gasteiger partial charge >= 0.3 is 0 Å². The normalized spacial score (nSPS) is 19.4. The Hall–Kier alpha value is -0.660. The van der Waals surface area contributed by atoms with Gasteiger partial charge in [-0.05, 0) is 80.2 Å². The van der Waals surface area contributed by atoms with Crippen LogP contribution in [0.5, 0.6) is 0 Å². The van der Waals surface area contributed by atoms with E-state index in [4.69, 9.17) is 0 Å². The van der Waals surface area contributed by atoms with Gasteiger partial charge < -0.3 is 10.6 Å². The van der Waals surface area contributed by atoms with E-state index < -0.39 is 0 Å². The Bertz CT molecular complexity index is 467. The van der Waals surface area contributed by atoms with E-state index in [-0.39, 0.29) is 5.91 Å². The third-order valence-electron chi connectivity index (χ3n) is 3.93. The molecule has 4 nitrogen and oxygen atoms in total. The predicted octanol–water partition coefficient (Wildman–Crippen LogP) is 2.69. The SMILES string of the molecule is CNCCC1CCCCN1CC(=O)Nc1cccc(I)c1. The maximum absolute atomic E-state index is 12.2. The number of hydrogen-bond donors (Lipinski definition) is 2. The second kappa shape index (κ2) is 8.70. The largest absolute Gasteiger partial charge is 0.325 e. The number of nitrogens with one attached hydrogen (secondary N) is 2.